The number of ketones is 1. The second-order valence-corrected chi connectivity index (χ2v) is 8.27. The molecule has 0 aromatic heterocycles. The number of methoxy groups -OCH3 is 1. The molecule has 132 valence electrons. The molecule has 0 amide bonds. The zero-order valence-corrected chi connectivity index (χ0v) is 15.7. The average Bonchev–Trinajstić information content (AvgIpc) is 2.57. The number of fused-ring (bicyclic) bond motifs is 1. The van der Waals surface area contributed by atoms with Crippen LogP contribution in [0.5, 0.6) is 5.75 Å². The summed E-state index contributed by atoms with van der Waals surface area (Å²) in [7, 11) is -2.26. The lowest BCUT2D eigenvalue weighted by Crippen LogP contribution is -2.37. The Morgan fingerprint density at radius 1 is 1.12 bits per heavy atom. The Hall–Kier alpha value is -2.05. The number of rotatable bonds is 3. The van der Waals surface area contributed by atoms with Crippen LogP contribution in [0.25, 0.3) is 0 Å². The number of anilines is 1. The molecule has 2 aromatic rings. The molecule has 0 unspecified atom stereocenters. The number of carbonyl (C=O) groups excluding carboxylic acids is 1. The Morgan fingerprint density at radius 3 is 2.52 bits per heavy atom. The molecule has 0 aliphatic carbocycles. The van der Waals surface area contributed by atoms with Crippen molar-refractivity contribution in [3.05, 3.63) is 52.0 Å². The minimum Gasteiger partial charge on any atom is -0.496 e. The van der Waals surface area contributed by atoms with Crippen LogP contribution in [0.3, 0.4) is 0 Å². The van der Waals surface area contributed by atoms with Gasteiger partial charge in [-0.3, -0.25) is 9.10 Å². The van der Waals surface area contributed by atoms with Crippen LogP contribution < -0.4 is 9.04 Å². The quantitative estimate of drug-likeness (QED) is 0.814. The van der Waals surface area contributed by atoms with Gasteiger partial charge in [0.15, 0.2) is 5.78 Å². The van der Waals surface area contributed by atoms with Crippen molar-refractivity contribution in [2.24, 2.45) is 0 Å². The monoisotopic (exact) mass is 379 g/mol. The summed E-state index contributed by atoms with van der Waals surface area (Å²) in [5, 5.41) is 0.405. The summed E-state index contributed by atoms with van der Waals surface area (Å²) in [6.07, 6.45) is 0.126. The molecule has 0 saturated heterocycles. The van der Waals surface area contributed by atoms with E-state index in [1.165, 1.54) is 10.4 Å². The summed E-state index contributed by atoms with van der Waals surface area (Å²) in [5.74, 6) is 0.532. The summed E-state index contributed by atoms with van der Waals surface area (Å²) in [4.78, 5) is 12.4. The van der Waals surface area contributed by atoms with Crippen LogP contribution in [0, 0.1) is 13.8 Å². The molecule has 0 bridgehead atoms. The van der Waals surface area contributed by atoms with Crippen molar-refractivity contribution in [2.75, 3.05) is 18.0 Å². The zero-order valence-electron chi connectivity index (χ0n) is 14.2. The van der Waals surface area contributed by atoms with Gasteiger partial charge in [0.2, 0.25) is 0 Å². The van der Waals surface area contributed by atoms with Gasteiger partial charge in [-0.1, -0.05) is 11.6 Å². The lowest BCUT2D eigenvalue weighted by atomic mass is 10.0. The minimum atomic E-state index is -3.81. The number of hydrogen-bond donors (Lipinski definition) is 0. The highest BCUT2D eigenvalue weighted by atomic mass is 35.5. The Bertz CT molecular complexity index is 969. The van der Waals surface area contributed by atoms with Crippen LogP contribution in [0.1, 0.15) is 27.9 Å². The third kappa shape index (κ3) is 3.00. The molecular weight excluding hydrogens is 362 g/mol. The van der Waals surface area contributed by atoms with E-state index < -0.39 is 10.0 Å². The van der Waals surface area contributed by atoms with E-state index in [1.807, 2.05) is 0 Å². The van der Waals surface area contributed by atoms with Gasteiger partial charge in [0.1, 0.15) is 5.75 Å². The van der Waals surface area contributed by atoms with Gasteiger partial charge in [0, 0.05) is 23.6 Å². The molecule has 2 aromatic carbocycles. The van der Waals surface area contributed by atoms with Crippen LogP contribution in [-0.2, 0) is 10.0 Å². The Morgan fingerprint density at radius 2 is 1.84 bits per heavy atom. The van der Waals surface area contributed by atoms with E-state index >= 15 is 0 Å². The van der Waals surface area contributed by atoms with E-state index in [0.717, 1.165) is 5.56 Å². The number of benzene rings is 2. The number of Topliss-reactive ketones (excluding diaryl/α,β-unsaturated/α-hetero) is 1. The second-order valence-electron chi connectivity index (χ2n) is 6.00. The van der Waals surface area contributed by atoms with Gasteiger partial charge >= 0.3 is 0 Å². The number of carbonyl (C=O) groups is 1. The molecule has 7 heteroatoms. The van der Waals surface area contributed by atoms with Crippen molar-refractivity contribution in [2.45, 2.75) is 25.2 Å². The number of halogens is 1. The van der Waals surface area contributed by atoms with Crippen molar-refractivity contribution in [1.29, 1.82) is 0 Å². The van der Waals surface area contributed by atoms with Gasteiger partial charge < -0.3 is 4.74 Å². The van der Waals surface area contributed by atoms with Gasteiger partial charge in [-0.25, -0.2) is 8.42 Å². The molecule has 0 spiro atoms. The standard InChI is InChI=1S/C18H18ClNO4S/c1-11-9-18(12(2)8-17(11)24-3)25(22,23)20-7-6-16(21)14-10-13(19)4-5-15(14)20/h4-5,8-10H,6-7H2,1-3H3. The van der Waals surface area contributed by atoms with Crippen molar-refractivity contribution in [1.82, 2.24) is 0 Å². The highest BCUT2D eigenvalue weighted by Crippen LogP contribution is 2.35. The number of ether oxygens (including phenoxy) is 1. The Kier molecular flexibility index (Phi) is 4.51. The Labute approximate surface area is 152 Å². The SMILES string of the molecule is COc1cc(C)c(S(=O)(=O)N2CCC(=O)c3cc(Cl)ccc32)cc1C. The molecule has 1 aliphatic rings. The molecular formula is C18H18ClNO4S. The molecule has 25 heavy (non-hydrogen) atoms. The molecule has 1 heterocycles. The van der Waals surface area contributed by atoms with Gasteiger partial charge in [-0.15, -0.1) is 0 Å². The zero-order chi connectivity index (χ0) is 18.4. The molecule has 3 rings (SSSR count). The summed E-state index contributed by atoms with van der Waals surface area (Å²) in [5.41, 5.74) is 2.03. The fourth-order valence-corrected chi connectivity index (χ4v) is 4.99. The third-order valence-electron chi connectivity index (χ3n) is 4.33. The van der Waals surface area contributed by atoms with E-state index in [1.54, 1.807) is 45.2 Å². The molecule has 1 aliphatic heterocycles. The first-order valence-corrected chi connectivity index (χ1v) is 9.58. The predicted molar refractivity (Wildman–Crippen MR) is 97.4 cm³/mol. The number of aryl methyl sites for hydroxylation is 2. The fourth-order valence-electron chi connectivity index (χ4n) is 3.04. The molecule has 0 radical (unpaired) electrons. The van der Waals surface area contributed by atoms with Gasteiger partial charge in [-0.05, 0) is 55.3 Å². The number of nitrogens with zero attached hydrogens (tertiary/aromatic N) is 1. The average molecular weight is 380 g/mol. The first-order valence-electron chi connectivity index (χ1n) is 7.76. The molecule has 0 N–H and O–H groups in total. The van der Waals surface area contributed by atoms with Crippen molar-refractivity contribution >= 4 is 33.1 Å². The van der Waals surface area contributed by atoms with E-state index in [2.05, 4.69) is 0 Å². The number of sulfonamides is 1. The normalized spacial score (nSPS) is 14.4. The summed E-state index contributed by atoms with van der Waals surface area (Å²) >= 11 is 5.97. The third-order valence-corrected chi connectivity index (χ3v) is 6.52. The van der Waals surface area contributed by atoms with Crippen LogP contribution in [0.2, 0.25) is 5.02 Å². The first kappa shape index (κ1) is 17.8. The van der Waals surface area contributed by atoms with Crippen LogP contribution >= 0.6 is 11.6 Å². The highest BCUT2D eigenvalue weighted by molar-refractivity contribution is 7.93. The summed E-state index contributed by atoms with van der Waals surface area (Å²) < 4.78 is 33.1. The second kappa shape index (κ2) is 6.35. The van der Waals surface area contributed by atoms with E-state index in [4.69, 9.17) is 16.3 Å². The molecule has 5 nitrogen and oxygen atoms in total. The highest BCUT2D eigenvalue weighted by Gasteiger charge is 2.33. The lowest BCUT2D eigenvalue weighted by molar-refractivity contribution is 0.0982. The van der Waals surface area contributed by atoms with E-state index in [-0.39, 0.29) is 23.6 Å². The topological polar surface area (TPSA) is 63.7 Å². The minimum absolute atomic E-state index is 0.105. The van der Waals surface area contributed by atoms with Crippen LogP contribution in [-0.4, -0.2) is 27.9 Å². The van der Waals surface area contributed by atoms with Gasteiger partial charge in [-0.2, -0.15) is 0 Å². The van der Waals surface area contributed by atoms with Crippen LogP contribution in [0.15, 0.2) is 35.2 Å². The smallest absolute Gasteiger partial charge is 0.264 e. The lowest BCUT2D eigenvalue weighted by Gasteiger charge is -2.30. The Balaban J connectivity index is 2.15. The van der Waals surface area contributed by atoms with Crippen molar-refractivity contribution in [3.8, 4) is 5.75 Å². The van der Waals surface area contributed by atoms with Gasteiger partial charge in [0.05, 0.1) is 17.7 Å². The maximum atomic E-state index is 13.3. The predicted octanol–water partition coefficient (Wildman–Crippen LogP) is 3.75. The maximum absolute atomic E-state index is 13.3. The molecule has 0 atom stereocenters. The van der Waals surface area contributed by atoms with Crippen molar-refractivity contribution in [3.63, 3.8) is 0 Å². The van der Waals surface area contributed by atoms with E-state index in [9.17, 15) is 13.2 Å². The molecule has 0 fully saturated rings. The summed E-state index contributed by atoms with van der Waals surface area (Å²) in [6, 6.07) is 8.01. The maximum Gasteiger partial charge on any atom is 0.264 e. The van der Waals surface area contributed by atoms with Crippen molar-refractivity contribution < 1.29 is 17.9 Å². The summed E-state index contributed by atoms with van der Waals surface area (Å²) in [6.45, 7) is 3.64. The molecule has 0 saturated carbocycles. The van der Waals surface area contributed by atoms with Gasteiger partial charge in [0.25, 0.3) is 10.0 Å². The van der Waals surface area contributed by atoms with E-state index in [0.29, 0.717) is 27.6 Å². The largest absolute Gasteiger partial charge is 0.496 e. The van der Waals surface area contributed by atoms with Crippen LogP contribution in [0.4, 0.5) is 5.69 Å². The first-order chi connectivity index (χ1) is 11.8. The number of hydrogen-bond acceptors (Lipinski definition) is 4. The fraction of sp³-hybridized carbons (Fsp3) is 0.278.